The molecule has 1 amide bonds. The maximum Gasteiger partial charge on any atom is 0.255 e. The minimum Gasteiger partial charge on any atom is -0.491 e. The van der Waals surface area contributed by atoms with Gasteiger partial charge in [-0.15, -0.1) is 0 Å². The minimum absolute atomic E-state index is 0.247. The average molecular weight is 390 g/mol. The summed E-state index contributed by atoms with van der Waals surface area (Å²) in [5.41, 5.74) is 2.64. The molecule has 7 nitrogen and oxygen atoms in total. The summed E-state index contributed by atoms with van der Waals surface area (Å²) in [4.78, 5) is 12.5. The third-order valence-corrected chi connectivity index (χ3v) is 5.44. The molecular formula is C19H22N2O5S. The van der Waals surface area contributed by atoms with Crippen LogP contribution >= 0.6 is 0 Å². The molecule has 0 radical (unpaired) electrons. The lowest BCUT2D eigenvalue weighted by Crippen LogP contribution is -2.27. The van der Waals surface area contributed by atoms with Crippen molar-refractivity contribution >= 4 is 27.3 Å². The second-order valence-corrected chi connectivity index (χ2v) is 8.16. The predicted molar refractivity (Wildman–Crippen MR) is 104 cm³/mol. The van der Waals surface area contributed by atoms with Crippen LogP contribution in [0.5, 0.6) is 5.75 Å². The van der Waals surface area contributed by atoms with Crippen molar-refractivity contribution in [3.63, 3.8) is 0 Å². The number of sulfonamides is 1. The van der Waals surface area contributed by atoms with Crippen molar-refractivity contribution in [3.8, 4) is 5.75 Å². The number of amides is 1. The number of nitrogens with zero attached hydrogens (tertiary/aromatic N) is 1. The van der Waals surface area contributed by atoms with E-state index >= 15 is 0 Å². The zero-order chi connectivity index (χ0) is 19.4. The van der Waals surface area contributed by atoms with E-state index in [1.165, 1.54) is 10.6 Å². The zero-order valence-electron chi connectivity index (χ0n) is 15.3. The van der Waals surface area contributed by atoms with Gasteiger partial charge in [0.1, 0.15) is 12.4 Å². The van der Waals surface area contributed by atoms with E-state index < -0.39 is 10.0 Å². The standard InChI is InChI=1S/C19H22N2O5S/c1-25-11-12-26-17-6-4-16(5-7-17)20-19(22)15-3-8-18-14(13-15)9-10-21(18)27(2,23)24/h3-8,13H,9-12H2,1-2H3,(H,20,22). The number of rotatable bonds is 7. The van der Waals surface area contributed by atoms with Crippen LogP contribution in [0.25, 0.3) is 0 Å². The Hall–Kier alpha value is -2.58. The molecule has 0 aromatic heterocycles. The van der Waals surface area contributed by atoms with E-state index in [-0.39, 0.29) is 5.91 Å². The molecule has 0 aliphatic carbocycles. The molecule has 2 aromatic carbocycles. The summed E-state index contributed by atoms with van der Waals surface area (Å²) in [6.07, 6.45) is 1.78. The topological polar surface area (TPSA) is 84.9 Å². The van der Waals surface area contributed by atoms with Crippen LogP contribution in [0.4, 0.5) is 11.4 Å². The number of nitrogens with one attached hydrogen (secondary N) is 1. The van der Waals surface area contributed by atoms with Gasteiger partial charge in [0, 0.05) is 24.9 Å². The van der Waals surface area contributed by atoms with Crippen molar-refractivity contribution in [2.24, 2.45) is 0 Å². The molecule has 0 bridgehead atoms. The molecule has 0 atom stereocenters. The van der Waals surface area contributed by atoms with E-state index in [1.54, 1.807) is 49.6 Å². The fourth-order valence-electron chi connectivity index (χ4n) is 2.94. The monoisotopic (exact) mass is 390 g/mol. The molecule has 27 heavy (non-hydrogen) atoms. The predicted octanol–water partition coefficient (Wildman–Crippen LogP) is 2.29. The minimum atomic E-state index is -3.30. The van der Waals surface area contributed by atoms with Gasteiger partial charge in [-0.2, -0.15) is 0 Å². The van der Waals surface area contributed by atoms with Crippen LogP contribution < -0.4 is 14.4 Å². The summed E-state index contributed by atoms with van der Waals surface area (Å²) in [7, 11) is -1.69. The maximum absolute atomic E-state index is 12.5. The normalized spacial score (nSPS) is 13.3. The first kappa shape index (κ1) is 19.2. The number of fused-ring (bicyclic) bond motifs is 1. The Labute approximate surface area is 158 Å². The molecule has 1 N–H and O–H groups in total. The van der Waals surface area contributed by atoms with E-state index in [0.717, 1.165) is 5.56 Å². The smallest absolute Gasteiger partial charge is 0.255 e. The first-order chi connectivity index (χ1) is 12.9. The van der Waals surface area contributed by atoms with Crippen LogP contribution in [0.2, 0.25) is 0 Å². The van der Waals surface area contributed by atoms with Crippen LogP contribution in [0, 0.1) is 0 Å². The highest BCUT2D eigenvalue weighted by Gasteiger charge is 2.26. The van der Waals surface area contributed by atoms with Gasteiger partial charge in [0.05, 0.1) is 18.6 Å². The Morgan fingerprint density at radius 1 is 1.15 bits per heavy atom. The van der Waals surface area contributed by atoms with Crippen LogP contribution in [0.15, 0.2) is 42.5 Å². The van der Waals surface area contributed by atoms with E-state index in [2.05, 4.69) is 5.32 Å². The van der Waals surface area contributed by atoms with Crippen LogP contribution in [0.3, 0.4) is 0 Å². The fourth-order valence-corrected chi connectivity index (χ4v) is 3.90. The molecule has 0 saturated heterocycles. The second kappa shape index (κ2) is 7.98. The lowest BCUT2D eigenvalue weighted by atomic mass is 10.1. The van der Waals surface area contributed by atoms with Gasteiger partial charge in [-0.3, -0.25) is 9.10 Å². The molecule has 8 heteroatoms. The third kappa shape index (κ3) is 4.58. The number of hydrogen-bond donors (Lipinski definition) is 1. The van der Waals surface area contributed by atoms with Gasteiger partial charge in [0.15, 0.2) is 0 Å². The molecule has 3 rings (SSSR count). The Morgan fingerprint density at radius 2 is 1.89 bits per heavy atom. The lowest BCUT2D eigenvalue weighted by Gasteiger charge is -2.16. The Kier molecular flexibility index (Phi) is 5.67. The number of anilines is 2. The molecule has 1 aliphatic rings. The summed E-state index contributed by atoms with van der Waals surface area (Å²) in [5.74, 6) is 0.451. The van der Waals surface area contributed by atoms with Gasteiger partial charge in [0.2, 0.25) is 10.0 Å². The van der Waals surface area contributed by atoms with Crippen molar-refractivity contribution in [3.05, 3.63) is 53.6 Å². The second-order valence-electron chi connectivity index (χ2n) is 6.25. The highest BCUT2D eigenvalue weighted by atomic mass is 32.2. The summed E-state index contributed by atoms with van der Waals surface area (Å²) in [5, 5.41) is 2.83. The van der Waals surface area contributed by atoms with Crippen LogP contribution in [0.1, 0.15) is 15.9 Å². The lowest BCUT2D eigenvalue weighted by molar-refractivity contribution is 0.102. The van der Waals surface area contributed by atoms with Crippen molar-refractivity contribution in [1.82, 2.24) is 0 Å². The summed E-state index contributed by atoms with van der Waals surface area (Å²) in [6, 6.07) is 12.1. The molecule has 0 saturated carbocycles. The zero-order valence-corrected chi connectivity index (χ0v) is 16.1. The first-order valence-electron chi connectivity index (χ1n) is 8.52. The fraction of sp³-hybridized carbons (Fsp3) is 0.316. The molecular weight excluding hydrogens is 368 g/mol. The molecule has 144 valence electrons. The van der Waals surface area contributed by atoms with E-state index in [0.29, 0.717) is 48.9 Å². The first-order valence-corrected chi connectivity index (χ1v) is 10.4. The van der Waals surface area contributed by atoms with Crippen molar-refractivity contribution in [1.29, 1.82) is 0 Å². The summed E-state index contributed by atoms with van der Waals surface area (Å²) in [6.45, 7) is 1.37. The Balaban J connectivity index is 1.67. The molecule has 0 unspecified atom stereocenters. The van der Waals surface area contributed by atoms with E-state index in [9.17, 15) is 13.2 Å². The number of hydrogen-bond acceptors (Lipinski definition) is 5. The number of ether oxygens (including phenoxy) is 2. The number of benzene rings is 2. The largest absolute Gasteiger partial charge is 0.491 e. The molecule has 2 aromatic rings. The SMILES string of the molecule is COCCOc1ccc(NC(=O)c2ccc3c(c2)CCN3S(C)(=O)=O)cc1. The van der Waals surface area contributed by atoms with Crippen molar-refractivity contribution in [2.45, 2.75) is 6.42 Å². The van der Waals surface area contributed by atoms with Gasteiger partial charge in [-0.05, 0) is 54.4 Å². The van der Waals surface area contributed by atoms with Gasteiger partial charge >= 0.3 is 0 Å². The van der Waals surface area contributed by atoms with Crippen molar-refractivity contribution in [2.75, 3.05) is 42.7 Å². The van der Waals surface area contributed by atoms with Gasteiger partial charge < -0.3 is 14.8 Å². The average Bonchev–Trinajstić information content (AvgIpc) is 3.07. The van der Waals surface area contributed by atoms with Gasteiger partial charge in [-0.25, -0.2) is 8.42 Å². The number of carbonyl (C=O) groups is 1. The molecule has 1 heterocycles. The molecule has 0 spiro atoms. The Bertz CT molecular complexity index is 926. The van der Waals surface area contributed by atoms with Gasteiger partial charge in [-0.1, -0.05) is 0 Å². The third-order valence-electron chi connectivity index (χ3n) is 4.26. The number of carbonyl (C=O) groups excluding carboxylic acids is 1. The highest BCUT2D eigenvalue weighted by molar-refractivity contribution is 7.92. The Morgan fingerprint density at radius 3 is 2.56 bits per heavy atom. The number of methoxy groups -OCH3 is 1. The van der Waals surface area contributed by atoms with Crippen molar-refractivity contribution < 1.29 is 22.7 Å². The molecule has 1 aliphatic heterocycles. The van der Waals surface area contributed by atoms with Crippen LogP contribution in [-0.2, 0) is 21.2 Å². The van der Waals surface area contributed by atoms with Gasteiger partial charge in [0.25, 0.3) is 5.91 Å². The maximum atomic E-state index is 12.5. The summed E-state index contributed by atoms with van der Waals surface area (Å²) >= 11 is 0. The van der Waals surface area contributed by atoms with E-state index in [4.69, 9.17) is 9.47 Å². The summed E-state index contributed by atoms with van der Waals surface area (Å²) < 4.78 is 35.4. The highest BCUT2D eigenvalue weighted by Crippen LogP contribution is 2.31. The quantitative estimate of drug-likeness (QED) is 0.733. The van der Waals surface area contributed by atoms with Crippen LogP contribution in [-0.4, -0.2) is 47.4 Å². The van der Waals surface area contributed by atoms with E-state index in [1.807, 2.05) is 0 Å². The molecule has 0 fully saturated rings.